The highest BCUT2D eigenvalue weighted by Gasteiger charge is 2.33. The molecule has 0 amide bonds. The van der Waals surface area contributed by atoms with Crippen molar-refractivity contribution in [2.24, 2.45) is 0 Å². The van der Waals surface area contributed by atoms with Crippen LogP contribution in [0.15, 0.2) is 6.07 Å². The molecule has 0 aromatic carbocycles. The Morgan fingerprint density at radius 2 is 2.06 bits per heavy atom. The molecule has 8 heteroatoms. The van der Waals surface area contributed by atoms with Crippen molar-refractivity contribution in [2.45, 2.75) is 12.8 Å². The summed E-state index contributed by atoms with van der Waals surface area (Å²) >= 11 is 0. The van der Waals surface area contributed by atoms with Gasteiger partial charge in [0.2, 0.25) is 0 Å². The summed E-state index contributed by atoms with van der Waals surface area (Å²) < 4.78 is 39.7. The van der Waals surface area contributed by atoms with Gasteiger partial charge in [-0.3, -0.25) is 0 Å². The first-order valence-electron chi connectivity index (χ1n) is 4.01. The predicted molar refractivity (Wildman–Crippen MR) is 49.1 cm³/mol. The maximum absolute atomic E-state index is 12.0. The van der Waals surface area contributed by atoms with E-state index in [0.717, 1.165) is 6.07 Å². The first kappa shape index (κ1) is 11.9. The summed E-state index contributed by atoms with van der Waals surface area (Å²) in [6.07, 6.45) is -5.20. The molecule has 0 saturated carbocycles. The standard InChI is InChI=1S/C8H7F3N4O/c9-8(10,11)16-6-4(1-2-12)3-5(13)15-7(6)14/h3H,1H2,(H4,13,14,15). The van der Waals surface area contributed by atoms with Crippen molar-refractivity contribution >= 4 is 11.6 Å². The van der Waals surface area contributed by atoms with Crippen molar-refractivity contribution in [1.29, 1.82) is 5.26 Å². The zero-order chi connectivity index (χ0) is 12.3. The molecule has 0 unspecified atom stereocenters. The molecule has 5 nitrogen and oxygen atoms in total. The zero-order valence-corrected chi connectivity index (χ0v) is 7.88. The lowest BCUT2D eigenvalue weighted by Crippen LogP contribution is -2.19. The minimum atomic E-state index is -4.89. The third kappa shape index (κ3) is 2.91. The molecule has 0 aliphatic heterocycles. The summed E-state index contributed by atoms with van der Waals surface area (Å²) in [6.45, 7) is 0. The molecule has 4 N–H and O–H groups in total. The number of nitrogens with two attached hydrogens (primary N) is 2. The summed E-state index contributed by atoms with van der Waals surface area (Å²) in [5, 5.41) is 8.44. The molecule has 0 atom stereocenters. The third-order valence-electron chi connectivity index (χ3n) is 1.58. The average Bonchev–Trinajstić information content (AvgIpc) is 2.10. The highest BCUT2D eigenvalue weighted by Crippen LogP contribution is 2.32. The smallest absolute Gasteiger partial charge is 0.401 e. The number of ether oxygens (including phenoxy) is 1. The fraction of sp³-hybridized carbons (Fsp3) is 0.250. The van der Waals surface area contributed by atoms with E-state index in [0.29, 0.717) is 0 Å². The molecule has 1 aromatic heterocycles. The van der Waals surface area contributed by atoms with Gasteiger partial charge in [-0.05, 0) is 6.07 Å². The third-order valence-corrected chi connectivity index (χ3v) is 1.58. The van der Waals surface area contributed by atoms with Crippen LogP contribution in [0, 0.1) is 11.3 Å². The number of hydrogen-bond acceptors (Lipinski definition) is 5. The van der Waals surface area contributed by atoms with Crippen molar-refractivity contribution in [3.05, 3.63) is 11.6 Å². The summed E-state index contributed by atoms with van der Waals surface area (Å²) in [5.74, 6) is -1.25. The molecule has 0 aliphatic rings. The lowest BCUT2D eigenvalue weighted by Gasteiger charge is -2.13. The predicted octanol–water partition coefficient (Wildman–Crippen LogP) is 1.21. The molecular weight excluding hydrogens is 225 g/mol. The molecular formula is C8H7F3N4O. The molecule has 0 fully saturated rings. The number of nitriles is 1. The van der Waals surface area contributed by atoms with Gasteiger partial charge in [-0.25, -0.2) is 4.98 Å². The number of halogens is 3. The molecule has 86 valence electrons. The van der Waals surface area contributed by atoms with Crippen LogP contribution in [0.5, 0.6) is 5.75 Å². The maximum atomic E-state index is 12.0. The second-order valence-electron chi connectivity index (χ2n) is 2.80. The van der Waals surface area contributed by atoms with Gasteiger partial charge in [-0.15, -0.1) is 13.2 Å². The van der Waals surface area contributed by atoms with Crippen LogP contribution in [0.3, 0.4) is 0 Å². The van der Waals surface area contributed by atoms with Gasteiger partial charge in [0.25, 0.3) is 0 Å². The lowest BCUT2D eigenvalue weighted by molar-refractivity contribution is -0.274. The van der Waals surface area contributed by atoms with E-state index in [2.05, 4.69) is 9.72 Å². The topological polar surface area (TPSA) is 98.0 Å². The van der Waals surface area contributed by atoms with Crippen LogP contribution >= 0.6 is 0 Å². The van der Waals surface area contributed by atoms with Gasteiger partial charge in [-0.1, -0.05) is 0 Å². The number of anilines is 2. The van der Waals surface area contributed by atoms with E-state index in [9.17, 15) is 13.2 Å². The summed E-state index contributed by atoms with van der Waals surface area (Å²) in [5.41, 5.74) is 10.5. The Hall–Kier alpha value is -2.17. The normalized spacial score (nSPS) is 10.9. The Bertz CT molecular complexity index is 438. The Morgan fingerprint density at radius 1 is 1.44 bits per heavy atom. The number of nitrogens with zero attached hydrogens (tertiary/aromatic N) is 2. The number of hydrogen-bond donors (Lipinski definition) is 2. The van der Waals surface area contributed by atoms with Crippen LogP contribution in [-0.2, 0) is 6.42 Å². The quantitative estimate of drug-likeness (QED) is 0.798. The van der Waals surface area contributed by atoms with Gasteiger partial charge < -0.3 is 16.2 Å². The number of pyridine rings is 1. The maximum Gasteiger partial charge on any atom is 0.573 e. The van der Waals surface area contributed by atoms with E-state index in [1.165, 1.54) is 0 Å². The Balaban J connectivity index is 3.20. The Kier molecular flexibility index (Phi) is 3.08. The van der Waals surface area contributed by atoms with Gasteiger partial charge in [0.1, 0.15) is 5.82 Å². The van der Waals surface area contributed by atoms with E-state index in [1.54, 1.807) is 6.07 Å². The van der Waals surface area contributed by atoms with Gasteiger partial charge in [0.15, 0.2) is 11.6 Å². The van der Waals surface area contributed by atoms with Gasteiger partial charge in [-0.2, -0.15) is 5.26 Å². The number of nitrogen functional groups attached to an aromatic ring is 2. The van der Waals surface area contributed by atoms with E-state index in [4.69, 9.17) is 16.7 Å². The van der Waals surface area contributed by atoms with Crippen LogP contribution in [0.4, 0.5) is 24.8 Å². The van der Waals surface area contributed by atoms with Crippen molar-refractivity contribution in [1.82, 2.24) is 4.98 Å². The molecule has 0 aliphatic carbocycles. The van der Waals surface area contributed by atoms with Gasteiger partial charge >= 0.3 is 6.36 Å². The molecule has 1 aromatic rings. The Labute approximate surface area is 88.4 Å². The molecule has 0 saturated heterocycles. The number of aromatic nitrogens is 1. The monoisotopic (exact) mass is 232 g/mol. The molecule has 16 heavy (non-hydrogen) atoms. The Morgan fingerprint density at radius 3 is 2.56 bits per heavy atom. The largest absolute Gasteiger partial charge is 0.573 e. The second kappa shape index (κ2) is 4.14. The highest BCUT2D eigenvalue weighted by molar-refractivity contribution is 5.57. The fourth-order valence-electron chi connectivity index (χ4n) is 1.08. The second-order valence-corrected chi connectivity index (χ2v) is 2.80. The minimum Gasteiger partial charge on any atom is -0.401 e. The fourth-order valence-corrected chi connectivity index (χ4v) is 1.08. The minimum absolute atomic E-state index is 0.0511. The highest BCUT2D eigenvalue weighted by atomic mass is 19.4. The first-order valence-corrected chi connectivity index (χ1v) is 4.01. The molecule has 0 bridgehead atoms. The van der Waals surface area contributed by atoms with Gasteiger partial charge in [0.05, 0.1) is 12.5 Å². The van der Waals surface area contributed by atoms with E-state index in [-0.39, 0.29) is 17.8 Å². The summed E-state index contributed by atoms with van der Waals surface area (Å²) in [7, 11) is 0. The van der Waals surface area contributed by atoms with E-state index >= 15 is 0 Å². The lowest BCUT2D eigenvalue weighted by atomic mass is 10.2. The summed E-state index contributed by atoms with van der Waals surface area (Å²) in [6, 6.07) is 2.79. The number of rotatable bonds is 2. The SMILES string of the molecule is N#CCc1cc(N)nc(N)c1OC(F)(F)F. The van der Waals surface area contributed by atoms with Crippen molar-refractivity contribution in [3.63, 3.8) is 0 Å². The van der Waals surface area contributed by atoms with Crippen molar-refractivity contribution < 1.29 is 17.9 Å². The van der Waals surface area contributed by atoms with E-state index < -0.39 is 17.9 Å². The van der Waals surface area contributed by atoms with Crippen molar-refractivity contribution in [3.8, 4) is 11.8 Å². The van der Waals surface area contributed by atoms with Crippen LogP contribution < -0.4 is 16.2 Å². The zero-order valence-electron chi connectivity index (χ0n) is 7.88. The van der Waals surface area contributed by atoms with Crippen LogP contribution in [0.1, 0.15) is 5.56 Å². The molecule has 0 radical (unpaired) electrons. The average molecular weight is 232 g/mol. The number of alkyl halides is 3. The summed E-state index contributed by atoms with van der Waals surface area (Å²) in [4.78, 5) is 3.42. The van der Waals surface area contributed by atoms with Crippen LogP contribution in [0.25, 0.3) is 0 Å². The van der Waals surface area contributed by atoms with Crippen LogP contribution in [0.2, 0.25) is 0 Å². The van der Waals surface area contributed by atoms with Gasteiger partial charge in [0, 0.05) is 5.56 Å². The van der Waals surface area contributed by atoms with E-state index in [1.807, 2.05) is 0 Å². The van der Waals surface area contributed by atoms with Crippen LogP contribution in [-0.4, -0.2) is 11.3 Å². The molecule has 0 spiro atoms. The van der Waals surface area contributed by atoms with Crippen molar-refractivity contribution in [2.75, 3.05) is 11.5 Å². The molecule has 1 rings (SSSR count). The first-order chi connectivity index (χ1) is 7.33. The molecule has 1 heterocycles.